The van der Waals surface area contributed by atoms with Crippen LogP contribution < -0.4 is 19.1 Å². The molecule has 0 saturated heterocycles. The van der Waals surface area contributed by atoms with Crippen molar-refractivity contribution in [1.82, 2.24) is 5.32 Å². The zero-order valence-electron chi connectivity index (χ0n) is 14.9. The number of nitrogens with one attached hydrogen (secondary N) is 1. The Morgan fingerprint density at radius 3 is 2.57 bits per heavy atom. The maximum Gasteiger partial charge on any atom is 0.240 e. The molecule has 2 aromatic carbocycles. The molecule has 1 amide bonds. The highest BCUT2D eigenvalue weighted by Crippen LogP contribution is 2.31. The Balaban J connectivity index is 1.62. The SMILES string of the molecule is CS(=O)(=O)N(CC(=O)NC[C@@H]1COc2ccccc2O1)c1ccc(Cl)c(Cl)c1. The van der Waals surface area contributed by atoms with Crippen molar-refractivity contribution in [3.63, 3.8) is 0 Å². The van der Waals surface area contributed by atoms with E-state index in [-0.39, 0.29) is 35.0 Å². The van der Waals surface area contributed by atoms with E-state index in [4.69, 9.17) is 32.7 Å². The Hall–Kier alpha value is -2.16. The highest BCUT2D eigenvalue weighted by atomic mass is 35.5. The lowest BCUT2D eigenvalue weighted by molar-refractivity contribution is -0.120. The molecular formula is C18H18Cl2N2O5S. The smallest absolute Gasteiger partial charge is 0.240 e. The number of hydrogen-bond acceptors (Lipinski definition) is 5. The van der Waals surface area contributed by atoms with E-state index in [1.54, 1.807) is 12.1 Å². The third kappa shape index (κ3) is 5.01. The average molecular weight is 445 g/mol. The summed E-state index contributed by atoms with van der Waals surface area (Å²) >= 11 is 11.8. The lowest BCUT2D eigenvalue weighted by Crippen LogP contribution is -2.45. The van der Waals surface area contributed by atoms with Crippen molar-refractivity contribution in [3.8, 4) is 11.5 Å². The number of anilines is 1. The van der Waals surface area contributed by atoms with E-state index in [0.29, 0.717) is 11.5 Å². The van der Waals surface area contributed by atoms with Crippen molar-refractivity contribution < 1.29 is 22.7 Å². The molecule has 1 atom stereocenters. The van der Waals surface area contributed by atoms with Gasteiger partial charge >= 0.3 is 0 Å². The number of sulfonamides is 1. The second-order valence-corrected chi connectivity index (χ2v) is 8.89. The minimum Gasteiger partial charge on any atom is -0.486 e. The number of rotatable bonds is 6. The molecule has 0 radical (unpaired) electrons. The van der Waals surface area contributed by atoms with Gasteiger partial charge in [-0.2, -0.15) is 0 Å². The summed E-state index contributed by atoms with van der Waals surface area (Å²) < 4.78 is 36.6. The van der Waals surface area contributed by atoms with Crippen molar-refractivity contribution in [3.05, 3.63) is 52.5 Å². The number of benzene rings is 2. The van der Waals surface area contributed by atoms with E-state index in [1.807, 2.05) is 12.1 Å². The third-order valence-corrected chi connectivity index (χ3v) is 5.85. The molecule has 1 N–H and O–H groups in total. The first-order valence-corrected chi connectivity index (χ1v) is 10.9. The van der Waals surface area contributed by atoms with E-state index in [1.165, 1.54) is 18.2 Å². The van der Waals surface area contributed by atoms with Crippen LogP contribution in [-0.2, 0) is 14.8 Å². The van der Waals surface area contributed by atoms with Crippen LogP contribution in [0.1, 0.15) is 0 Å². The minimum absolute atomic E-state index is 0.173. The van der Waals surface area contributed by atoms with Gasteiger partial charge in [-0.3, -0.25) is 9.10 Å². The summed E-state index contributed by atoms with van der Waals surface area (Å²) in [5, 5.41) is 3.16. The molecular weight excluding hydrogens is 427 g/mol. The molecule has 0 unspecified atom stereocenters. The van der Waals surface area contributed by atoms with Gasteiger partial charge < -0.3 is 14.8 Å². The quantitative estimate of drug-likeness (QED) is 0.739. The normalized spacial score (nSPS) is 15.8. The largest absolute Gasteiger partial charge is 0.486 e. The standard InChI is InChI=1S/C18H18Cl2N2O5S/c1-28(24,25)22(12-6-7-14(19)15(20)8-12)10-18(23)21-9-13-11-26-16-4-2-3-5-17(16)27-13/h2-8,13H,9-11H2,1H3,(H,21,23)/t13-/m1/s1. The second-order valence-electron chi connectivity index (χ2n) is 6.17. The Bertz CT molecular complexity index is 984. The van der Waals surface area contributed by atoms with Crippen LogP contribution in [0.4, 0.5) is 5.69 Å². The van der Waals surface area contributed by atoms with Crippen molar-refractivity contribution in [2.45, 2.75) is 6.10 Å². The van der Waals surface area contributed by atoms with E-state index in [9.17, 15) is 13.2 Å². The summed E-state index contributed by atoms with van der Waals surface area (Å²) in [5.74, 6) is 0.758. The molecule has 1 aliphatic heterocycles. The molecule has 0 bridgehead atoms. The number of nitrogens with zero attached hydrogens (tertiary/aromatic N) is 1. The number of fused-ring (bicyclic) bond motifs is 1. The number of carbonyl (C=O) groups excluding carboxylic acids is 1. The third-order valence-electron chi connectivity index (χ3n) is 3.97. The number of ether oxygens (including phenoxy) is 2. The van der Waals surface area contributed by atoms with Gasteiger partial charge in [0.15, 0.2) is 11.5 Å². The van der Waals surface area contributed by atoms with Crippen LogP contribution in [-0.4, -0.2) is 46.4 Å². The molecule has 1 aliphatic rings. The van der Waals surface area contributed by atoms with Gasteiger partial charge in [0.25, 0.3) is 0 Å². The zero-order valence-corrected chi connectivity index (χ0v) is 17.2. The summed E-state index contributed by atoms with van der Waals surface area (Å²) in [6.45, 7) is 0.0486. The number of para-hydroxylation sites is 2. The van der Waals surface area contributed by atoms with Gasteiger partial charge in [0.05, 0.1) is 28.5 Å². The number of carbonyl (C=O) groups is 1. The molecule has 3 rings (SSSR count). The van der Waals surface area contributed by atoms with Crippen LogP contribution in [0.5, 0.6) is 11.5 Å². The molecule has 0 fully saturated rings. The lowest BCUT2D eigenvalue weighted by Gasteiger charge is -2.27. The van der Waals surface area contributed by atoms with Gasteiger partial charge in [0.1, 0.15) is 19.3 Å². The van der Waals surface area contributed by atoms with Gasteiger partial charge in [-0.05, 0) is 30.3 Å². The molecule has 10 heteroatoms. The van der Waals surface area contributed by atoms with Crippen LogP contribution in [0, 0.1) is 0 Å². The maximum absolute atomic E-state index is 12.3. The van der Waals surface area contributed by atoms with Crippen LogP contribution in [0.25, 0.3) is 0 Å². The first-order valence-electron chi connectivity index (χ1n) is 8.32. The highest BCUT2D eigenvalue weighted by Gasteiger charge is 2.24. The Morgan fingerprint density at radius 2 is 1.89 bits per heavy atom. The van der Waals surface area contributed by atoms with Crippen LogP contribution in [0.2, 0.25) is 10.0 Å². The average Bonchev–Trinajstić information content (AvgIpc) is 2.65. The topological polar surface area (TPSA) is 84.9 Å². The predicted molar refractivity (Wildman–Crippen MR) is 108 cm³/mol. The van der Waals surface area contributed by atoms with E-state index >= 15 is 0 Å². The highest BCUT2D eigenvalue weighted by molar-refractivity contribution is 7.92. The first kappa shape index (κ1) is 20.6. The molecule has 0 aliphatic carbocycles. The van der Waals surface area contributed by atoms with E-state index < -0.39 is 22.5 Å². The summed E-state index contributed by atoms with van der Waals surface area (Å²) in [7, 11) is -3.71. The number of halogens is 2. The fourth-order valence-corrected chi connectivity index (χ4v) is 3.76. The monoisotopic (exact) mass is 444 g/mol. The molecule has 1 heterocycles. The maximum atomic E-state index is 12.3. The van der Waals surface area contributed by atoms with Crippen LogP contribution >= 0.6 is 23.2 Å². The van der Waals surface area contributed by atoms with Crippen molar-refractivity contribution in [2.75, 3.05) is 30.3 Å². The Morgan fingerprint density at radius 1 is 1.18 bits per heavy atom. The minimum atomic E-state index is -3.71. The number of amides is 1. The van der Waals surface area contributed by atoms with Crippen LogP contribution in [0.3, 0.4) is 0 Å². The van der Waals surface area contributed by atoms with Gasteiger partial charge in [-0.1, -0.05) is 35.3 Å². The number of hydrogen-bond donors (Lipinski definition) is 1. The van der Waals surface area contributed by atoms with Gasteiger partial charge in [-0.25, -0.2) is 8.42 Å². The van der Waals surface area contributed by atoms with Crippen molar-refractivity contribution >= 4 is 44.8 Å². The molecule has 0 spiro atoms. The van der Waals surface area contributed by atoms with E-state index in [2.05, 4.69) is 5.32 Å². The second kappa shape index (κ2) is 8.46. The summed E-state index contributed by atoms with van der Waals surface area (Å²) in [6.07, 6.45) is 0.633. The Labute approximate surface area is 173 Å². The molecule has 7 nitrogen and oxygen atoms in total. The molecule has 28 heavy (non-hydrogen) atoms. The molecule has 0 aromatic heterocycles. The summed E-state index contributed by atoms with van der Waals surface area (Å²) in [4.78, 5) is 12.3. The fraction of sp³-hybridized carbons (Fsp3) is 0.278. The summed E-state index contributed by atoms with van der Waals surface area (Å²) in [6, 6.07) is 11.6. The molecule has 150 valence electrons. The summed E-state index contributed by atoms with van der Waals surface area (Å²) in [5.41, 5.74) is 0.248. The lowest BCUT2D eigenvalue weighted by atomic mass is 10.2. The fourth-order valence-electron chi connectivity index (χ4n) is 2.62. The molecule has 2 aromatic rings. The first-order chi connectivity index (χ1) is 13.2. The van der Waals surface area contributed by atoms with Crippen molar-refractivity contribution in [2.24, 2.45) is 0 Å². The van der Waals surface area contributed by atoms with Crippen molar-refractivity contribution in [1.29, 1.82) is 0 Å². The van der Waals surface area contributed by atoms with Gasteiger partial charge in [-0.15, -0.1) is 0 Å². The van der Waals surface area contributed by atoms with Gasteiger partial charge in [0, 0.05) is 0 Å². The Kier molecular flexibility index (Phi) is 6.22. The van der Waals surface area contributed by atoms with Crippen LogP contribution in [0.15, 0.2) is 42.5 Å². The predicted octanol–water partition coefficient (Wildman–Crippen LogP) is 2.72. The van der Waals surface area contributed by atoms with E-state index in [0.717, 1.165) is 10.6 Å². The molecule has 0 saturated carbocycles. The van der Waals surface area contributed by atoms with Gasteiger partial charge in [0.2, 0.25) is 15.9 Å². The zero-order chi connectivity index (χ0) is 20.3.